The molecule has 0 bridgehead atoms. The van der Waals surface area contributed by atoms with Gasteiger partial charge in [0.2, 0.25) is 5.91 Å². The number of nitrogens with one attached hydrogen (secondary N) is 2. The summed E-state index contributed by atoms with van der Waals surface area (Å²) in [6.07, 6.45) is -0.493. The van der Waals surface area contributed by atoms with Gasteiger partial charge in [-0.05, 0) is 27.2 Å². The monoisotopic (exact) mass is 249 g/mol. The molecule has 0 fully saturated rings. The first-order valence-corrected chi connectivity index (χ1v) is 5.33. The minimum absolute atomic E-state index is 0.0425. The Morgan fingerprint density at radius 1 is 1.41 bits per heavy atom. The average molecular weight is 249 g/mol. The summed E-state index contributed by atoms with van der Waals surface area (Å²) in [6.45, 7) is 4.35. The van der Waals surface area contributed by atoms with Crippen LogP contribution in [0, 0.1) is 0 Å². The van der Waals surface area contributed by atoms with Crippen LogP contribution < -0.4 is 16.6 Å². The molecule has 0 radical (unpaired) electrons. The van der Waals surface area contributed by atoms with Crippen molar-refractivity contribution < 1.29 is 18.7 Å². The van der Waals surface area contributed by atoms with Gasteiger partial charge in [-0.3, -0.25) is 10.2 Å². The number of alkyl halides is 1. The minimum atomic E-state index is -0.767. The van der Waals surface area contributed by atoms with E-state index in [4.69, 9.17) is 10.6 Å². The Morgan fingerprint density at radius 3 is 2.41 bits per heavy atom. The van der Waals surface area contributed by atoms with E-state index in [1.807, 2.05) is 5.43 Å². The van der Waals surface area contributed by atoms with E-state index < -0.39 is 30.3 Å². The maximum atomic E-state index is 12.6. The van der Waals surface area contributed by atoms with Gasteiger partial charge in [0.25, 0.3) is 0 Å². The lowest BCUT2D eigenvalue weighted by atomic mass is 10.1. The summed E-state index contributed by atoms with van der Waals surface area (Å²) in [5.41, 5.74) is 1.29. The number of halogens is 1. The van der Waals surface area contributed by atoms with E-state index in [1.165, 1.54) is 0 Å². The van der Waals surface area contributed by atoms with Crippen LogP contribution in [0.2, 0.25) is 0 Å². The number of carbonyl (C=O) groups is 2. The lowest BCUT2D eigenvalue weighted by Gasteiger charge is -2.22. The second kappa shape index (κ2) is 7.05. The molecule has 0 aromatic heterocycles. The summed E-state index contributed by atoms with van der Waals surface area (Å²) in [4.78, 5) is 22.2. The average Bonchev–Trinajstić information content (AvgIpc) is 2.20. The number of hydrogen-bond donors (Lipinski definition) is 3. The number of carbonyl (C=O) groups excluding carboxylic acids is 2. The predicted molar refractivity (Wildman–Crippen MR) is 60.7 cm³/mol. The van der Waals surface area contributed by atoms with Gasteiger partial charge in [0.15, 0.2) is 0 Å². The first-order valence-electron chi connectivity index (χ1n) is 5.33. The fourth-order valence-corrected chi connectivity index (χ4v) is 1.04. The zero-order chi connectivity index (χ0) is 13.5. The van der Waals surface area contributed by atoms with E-state index in [1.54, 1.807) is 20.8 Å². The third-order valence-corrected chi connectivity index (χ3v) is 1.79. The van der Waals surface area contributed by atoms with Crippen molar-refractivity contribution in [3.63, 3.8) is 0 Å². The van der Waals surface area contributed by atoms with Gasteiger partial charge in [-0.15, -0.1) is 0 Å². The van der Waals surface area contributed by atoms with Gasteiger partial charge in [-0.2, -0.15) is 0 Å². The van der Waals surface area contributed by atoms with Crippen molar-refractivity contribution in [2.24, 2.45) is 5.84 Å². The molecule has 0 aromatic carbocycles. The molecular weight excluding hydrogens is 229 g/mol. The van der Waals surface area contributed by atoms with Crippen molar-refractivity contribution >= 4 is 12.0 Å². The summed E-state index contributed by atoms with van der Waals surface area (Å²) in [5.74, 6) is 4.47. The number of hydrazine groups is 1. The largest absolute Gasteiger partial charge is 0.444 e. The Kier molecular flexibility index (Phi) is 6.48. The molecule has 17 heavy (non-hydrogen) atoms. The van der Waals surface area contributed by atoms with Crippen LogP contribution >= 0.6 is 0 Å². The highest BCUT2D eigenvalue weighted by atomic mass is 19.1. The molecule has 0 rings (SSSR count). The number of ether oxygens (including phenoxy) is 1. The third kappa shape index (κ3) is 8.44. The van der Waals surface area contributed by atoms with Crippen LogP contribution in [0.1, 0.15) is 33.6 Å². The Labute approximate surface area is 100 Å². The van der Waals surface area contributed by atoms with E-state index in [9.17, 15) is 14.0 Å². The number of amides is 2. The lowest BCUT2D eigenvalue weighted by molar-refractivity contribution is -0.121. The molecule has 6 nitrogen and oxygen atoms in total. The van der Waals surface area contributed by atoms with Crippen molar-refractivity contribution in [2.75, 3.05) is 6.67 Å². The van der Waals surface area contributed by atoms with Crippen molar-refractivity contribution in [1.82, 2.24) is 10.7 Å². The van der Waals surface area contributed by atoms with Gasteiger partial charge >= 0.3 is 6.09 Å². The molecule has 0 aliphatic carbocycles. The fraction of sp³-hybridized carbons (Fsp3) is 0.800. The van der Waals surface area contributed by atoms with Crippen molar-refractivity contribution in [3.05, 3.63) is 0 Å². The Hall–Kier alpha value is -1.37. The van der Waals surface area contributed by atoms with Crippen LogP contribution in [0.3, 0.4) is 0 Å². The van der Waals surface area contributed by atoms with Gasteiger partial charge < -0.3 is 10.1 Å². The molecule has 0 unspecified atom stereocenters. The summed E-state index contributed by atoms with van der Waals surface area (Å²) in [5, 5.41) is 2.35. The molecule has 0 saturated heterocycles. The van der Waals surface area contributed by atoms with Crippen LogP contribution in [0.25, 0.3) is 0 Å². The number of nitrogens with two attached hydrogens (primary N) is 1. The highest BCUT2D eigenvalue weighted by Gasteiger charge is 2.19. The molecule has 7 heteroatoms. The van der Waals surface area contributed by atoms with Crippen LogP contribution in [0.5, 0.6) is 0 Å². The molecule has 0 aromatic rings. The van der Waals surface area contributed by atoms with Gasteiger partial charge in [0.05, 0.1) is 6.04 Å². The Morgan fingerprint density at radius 2 is 2.00 bits per heavy atom. The van der Waals surface area contributed by atoms with Gasteiger partial charge in [0.1, 0.15) is 12.3 Å². The maximum absolute atomic E-state index is 12.6. The topological polar surface area (TPSA) is 93.4 Å². The zero-order valence-electron chi connectivity index (χ0n) is 10.4. The lowest BCUT2D eigenvalue weighted by Crippen LogP contribution is -2.41. The van der Waals surface area contributed by atoms with Crippen molar-refractivity contribution in [3.8, 4) is 0 Å². The summed E-state index contributed by atoms with van der Waals surface area (Å²) in [6, 6.07) is -0.748. The molecule has 0 spiro atoms. The number of hydrogen-bond acceptors (Lipinski definition) is 4. The third-order valence-electron chi connectivity index (χ3n) is 1.79. The molecule has 0 heterocycles. The zero-order valence-corrected chi connectivity index (χ0v) is 10.4. The molecule has 0 aliphatic heterocycles. The van der Waals surface area contributed by atoms with Crippen LogP contribution in [-0.2, 0) is 9.53 Å². The molecule has 0 saturated carbocycles. The Bertz CT molecular complexity index is 266. The van der Waals surface area contributed by atoms with Crippen LogP contribution in [0.4, 0.5) is 9.18 Å². The van der Waals surface area contributed by atoms with Gasteiger partial charge in [-0.1, -0.05) is 0 Å². The molecule has 100 valence electrons. The first kappa shape index (κ1) is 15.6. The molecule has 2 amide bonds. The van der Waals surface area contributed by atoms with Crippen molar-refractivity contribution in [1.29, 1.82) is 0 Å². The molecule has 4 N–H and O–H groups in total. The van der Waals surface area contributed by atoms with E-state index in [2.05, 4.69) is 5.32 Å². The summed E-state index contributed by atoms with van der Waals surface area (Å²) < 4.78 is 17.5. The smallest absolute Gasteiger partial charge is 0.407 e. The second-order valence-electron chi connectivity index (χ2n) is 4.60. The predicted octanol–water partition coefficient (Wildman–Crippen LogP) is 0.619. The minimum Gasteiger partial charge on any atom is -0.444 e. The van der Waals surface area contributed by atoms with Crippen LogP contribution in [0.15, 0.2) is 0 Å². The summed E-state index contributed by atoms with van der Waals surface area (Å²) in [7, 11) is 0. The first-order chi connectivity index (χ1) is 7.78. The molecular formula is C10H20FN3O3. The highest BCUT2D eigenvalue weighted by molar-refractivity contribution is 5.75. The number of alkyl carbamates (subject to hydrolysis) is 1. The highest BCUT2D eigenvalue weighted by Crippen LogP contribution is 2.07. The van der Waals surface area contributed by atoms with Crippen molar-refractivity contribution in [2.45, 2.75) is 45.3 Å². The quantitative estimate of drug-likeness (QED) is 0.378. The summed E-state index contributed by atoms with van der Waals surface area (Å²) >= 11 is 0. The standard InChI is InChI=1S/C10H20FN3O3/c1-10(2,3)17-9(16)13-7(6-11)4-5-8(15)14-12/h7H,4-6,12H2,1-3H3,(H,13,16)(H,14,15)/t7-/m1/s1. The fourth-order valence-electron chi connectivity index (χ4n) is 1.04. The maximum Gasteiger partial charge on any atom is 0.407 e. The molecule has 1 atom stereocenters. The van der Waals surface area contributed by atoms with E-state index in [0.29, 0.717) is 0 Å². The van der Waals surface area contributed by atoms with Gasteiger partial charge in [-0.25, -0.2) is 15.0 Å². The normalized spacial score (nSPS) is 12.8. The molecule has 0 aliphatic rings. The van der Waals surface area contributed by atoms with E-state index >= 15 is 0 Å². The van der Waals surface area contributed by atoms with Gasteiger partial charge in [0, 0.05) is 6.42 Å². The van der Waals surface area contributed by atoms with Crippen LogP contribution in [-0.4, -0.2) is 30.3 Å². The Balaban J connectivity index is 4.04. The second-order valence-corrected chi connectivity index (χ2v) is 4.60. The number of rotatable bonds is 5. The SMILES string of the molecule is CC(C)(C)OC(=O)N[C@@H](CF)CCC(=O)NN. The van der Waals surface area contributed by atoms with E-state index in [0.717, 1.165) is 0 Å². The van der Waals surface area contributed by atoms with E-state index in [-0.39, 0.29) is 12.8 Å².